The molecule has 5 heteroatoms. The van der Waals surface area contributed by atoms with Gasteiger partial charge in [0.2, 0.25) is 0 Å². The quantitative estimate of drug-likeness (QED) is 0.613. The Morgan fingerprint density at radius 3 is 2.90 bits per heavy atom. The second-order valence-electron chi connectivity index (χ2n) is 4.36. The highest BCUT2D eigenvalue weighted by Crippen LogP contribution is 2.29. The Balaban J connectivity index is 2.08. The molecule has 0 amide bonds. The van der Waals surface area contributed by atoms with Crippen molar-refractivity contribution in [3.05, 3.63) is 63.9 Å². The minimum absolute atomic E-state index is 0.336. The molecule has 0 radical (unpaired) electrons. The van der Waals surface area contributed by atoms with Crippen LogP contribution in [0, 0.1) is 17.1 Å². The Hall–Kier alpha value is -2.22. The molecule has 1 aromatic heterocycles. The second-order valence-corrected chi connectivity index (χ2v) is 5.82. The van der Waals surface area contributed by atoms with Gasteiger partial charge in [-0.25, -0.2) is 9.37 Å². The van der Waals surface area contributed by atoms with Gasteiger partial charge in [-0.15, -0.1) is 11.3 Å². The van der Waals surface area contributed by atoms with Gasteiger partial charge < -0.3 is 0 Å². The van der Waals surface area contributed by atoms with Crippen molar-refractivity contribution in [1.82, 2.24) is 4.98 Å². The molecule has 2 nitrogen and oxygen atoms in total. The van der Waals surface area contributed by atoms with Crippen LogP contribution in [0.5, 0.6) is 0 Å². The van der Waals surface area contributed by atoms with Crippen LogP contribution in [-0.2, 0) is 0 Å². The first kappa shape index (κ1) is 13.7. The van der Waals surface area contributed by atoms with Crippen molar-refractivity contribution in [1.29, 1.82) is 5.26 Å². The molecule has 0 bridgehead atoms. The van der Waals surface area contributed by atoms with Crippen LogP contribution in [0.4, 0.5) is 4.39 Å². The summed E-state index contributed by atoms with van der Waals surface area (Å²) in [7, 11) is 0. The van der Waals surface area contributed by atoms with Crippen molar-refractivity contribution in [2.24, 2.45) is 0 Å². The van der Waals surface area contributed by atoms with E-state index in [-0.39, 0.29) is 5.82 Å². The molecule has 102 valence electrons. The summed E-state index contributed by atoms with van der Waals surface area (Å²) in [4.78, 5) is 4.41. The predicted molar refractivity (Wildman–Crippen MR) is 84.5 cm³/mol. The van der Waals surface area contributed by atoms with E-state index >= 15 is 0 Å². The van der Waals surface area contributed by atoms with Gasteiger partial charge in [-0.05, 0) is 42.0 Å². The second kappa shape index (κ2) is 5.65. The maximum atomic E-state index is 13.2. The van der Waals surface area contributed by atoms with Gasteiger partial charge in [0.15, 0.2) is 0 Å². The van der Waals surface area contributed by atoms with Crippen LogP contribution in [0.1, 0.15) is 10.6 Å². The molecular formula is C16H8ClFN2S. The lowest BCUT2D eigenvalue weighted by molar-refractivity contribution is 0.627. The van der Waals surface area contributed by atoms with E-state index < -0.39 is 0 Å². The molecule has 0 aliphatic carbocycles. The summed E-state index contributed by atoms with van der Waals surface area (Å²) < 4.78 is 14.1. The van der Waals surface area contributed by atoms with Gasteiger partial charge in [0.25, 0.3) is 0 Å². The van der Waals surface area contributed by atoms with E-state index in [1.165, 1.54) is 23.5 Å². The summed E-state index contributed by atoms with van der Waals surface area (Å²) in [6.07, 6.45) is 1.63. The molecule has 0 aliphatic rings. The highest BCUT2D eigenvalue weighted by Gasteiger charge is 2.09. The van der Waals surface area contributed by atoms with Gasteiger partial charge in [0.05, 0.1) is 15.8 Å². The summed E-state index contributed by atoms with van der Waals surface area (Å²) in [5, 5.41) is 10.5. The Labute approximate surface area is 129 Å². The lowest BCUT2D eigenvalue weighted by Crippen LogP contribution is -1.81. The number of hydrogen-bond acceptors (Lipinski definition) is 3. The molecule has 21 heavy (non-hydrogen) atoms. The number of fused-ring (bicyclic) bond motifs is 1. The summed E-state index contributed by atoms with van der Waals surface area (Å²) in [6, 6.07) is 13.6. The number of nitriles is 1. The number of nitrogens with zero attached hydrogens (tertiary/aromatic N) is 2. The van der Waals surface area contributed by atoms with Crippen molar-refractivity contribution in [3.8, 4) is 6.07 Å². The largest absolute Gasteiger partial charge is 0.235 e. The normalized spacial score (nSPS) is 11.6. The third-order valence-electron chi connectivity index (χ3n) is 2.86. The standard InChI is InChI=1S/C16H8ClFN2S/c17-12-4-5-15-14(8-12)20-16(21-15)11(9-19)6-10-2-1-3-13(18)7-10/h1-8H/b11-6-. The molecule has 0 atom stereocenters. The van der Waals surface area contributed by atoms with Gasteiger partial charge in [0.1, 0.15) is 16.9 Å². The van der Waals surface area contributed by atoms with Crippen molar-refractivity contribution in [2.45, 2.75) is 0 Å². The zero-order chi connectivity index (χ0) is 14.8. The number of aromatic nitrogens is 1. The van der Waals surface area contributed by atoms with Crippen LogP contribution in [-0.4, -0.2) is 4.98 Å². The maximum absolute atomic E-state index is 13.2. The number of rotatable bonds is 2. The fraction of sp³-hybridized carbons (Fsp3) is 0. The fourth-order valence-corrected chi connectivity index (χ4v) is 3.00. The molecular weight excluding hydrogens is 307 g/mol. The van der Waals surface area contributed by atoms with E-state index in [1.807, 2.05) is 6.07 Å². The lowest BCUT2D eigenvalue weighted by Gasteiger charge is -1.95. The zero-order valence-corrected chi connectivity index (χ0v) is 12.2. The Morgan fingerprint density at radius 2 is 2.14 bits per heavy atom. The molecule has 1 heterocycles. The Morgan fingerprint density at radius 1 is 1.29 bits per heavy atom. The number of allylic oxidation sites excluding steroid dienone is 1. The van der Waals surface area contributed by atoms with Gasteiger partial charge >= 0.3 is 0 Å². The minimum Gasteiger partial charge on any atom is -0.235 e. The molecule has 0 aliphatic heterocycles. The molecule has 2 aromatic carbocycles. The van der Waals surface area contributed by atoms with Gasteiger partial charge in [-0.3, -0.25) is 0 Å². The van der Waals surface area contributed by atoms with Crippen molar-refractivity contribution >= 4 is 44.8 Å². The molecule has 0 fully saturated rings. The van der Waals surface area contributed by atoms with Crippen LogP contribution >= 0.6 is 22.9 Å². The molecule has 3 rings (SSSR count). The van der Waals surface area contributed by atoms with E-state index in [1.54, 1.807) is 30.3 Å². The summed E-state index contributed by atoms with van der Waals surface area (Å²) in [5.74, 6) is -0.336. The molecule has 0 unspecified atom stereocenters. The van der Waals surface area contributed by atoms with Crippen LogP contribution in [0.3, 0.4) is 0 Å². The monoisotopic (exact) mass is 314 g/mol. The lowest BCUT2D eigenvalue weighted by atomic mass is 10.1. The van der Waals surface area contributed by atoms with Gasteiger partial charge in [-0.1, -0.05) is 23.7 Å². The maximum Gasteiger partial charge on any atom is 0.135 e. The molecule has 0 N–H and O–H groups in total. The van der Waals surface area contributed by atoms with E-state index in [2.05, 4.69) is 11.1 Å². The average molecular weight is 315 g/mol. The summed E-state index contributed by atoms with van der Waals surface area (Å²) in [6.45, 7) is 0. The number of halogens is 2. The third-order valence-corrected chi connectivity index (χ3v) is 4.16. The molecule has 0 spiro atoms. The van der Waals surface area contributed by atoms with E-state index in [9.17, 15) is 9.65 Å². The predicted octanol–water partition coefficient (Wildman–Crippen LogP) is 5.15. The first-order chi connectivity index (χ1) is 10.2. The van der Waals surface area contributed by atoms with Crippen molar-refractivity contribution in [3.63, 3.8) is 0 Å². The average Bonchev–Trinajstić information content (AvgIpc) is 2.87. The fourth-order valence-electron chi connectivity index (χ4n) is 1.92. The topological polar surface area (TPSA) is 36.7 Å². The van der Waals surface area contributed by atoms with Gasteiger partial charge in [-0.2, -0.15) is 5.26 Å². The molecule has 0 saturated carbocycles. The number of hydrogen-bond donors (Lipinski definition) is 0. The van der Waals surface area contributed by atoms with Crippen LogP contribution in [0.15, 0.2) is 42.5 Å². The Bertz CT molecular complexity index is 893. The number of thiazole rings is 1. The Kier molecular flexibility index (Phi) is 3.70. The summed E-state index contributed by atoms with van der Waals surface area (Å²) >= 11 is 7.34. The van der Waals surface area contributed by atoms with Crippen molar-refractivity contribution in [2.75, 3.05) is 0 Å². The summed E-state index contributed by atoms with van der Waals surface area (Å²) in [5.41, 5.74) is 1.78. The smallest absolute Gasteiger partial charge is 0.135 e. The van der Waals surface area contributed by atoms with E-state index in [0.717, 1.165) is 10.2 Å². The van der Waals surface area contributed by atoms with E-state index in [4.69, 9.17) is 11.6 Å². The first-order valence-electron chi connectivity index (χ1n) is 6.09. The van der Waals surface area contributed by atoms with Crippen LogP contribution < -0.4 is 0 Å². The number of benzene rings is 2. The van der Waals surface area contributed by atoms with E-state index in [0.29, 0.717) is 21.2 Å². The minimum atomic E-state index is -0.336. The van der Waals surface area contributed by atoms with Crippen LogP contribution in [0.2, 0.25) is 5.02 Å². The van der Waals surface area contributed by atoms with Gasteiger partial charge in [0, 0.05) is 5.02 Å². The van der Waals surface area contributed by atoms with Crippen LogP contribution in [0.25, 0.3) is 21.9 Å². The first-order valence-corrected chi connectivity index (χ1v) is 7.29. The SMILES string of the molecule is N#C/C(=C/c1cccc(F)c1)c1nc2cc(Cl)ccc2s1. The third kappa shape index (κ3) is 2.94. The zero-order valence-electron chi connectivity index (χ0n) is 10.7. The molecule has 0 saturated heterocycles. The highest BCUT2D eigenvalue weighted by atomic mass is 35.5. The van der Waals surface area contributed by atoms with Crippen molar-refractivity contribution < 1.29 is 4.39 Å². The highest BCUT2D eigenvalue weighted by molar-refractivity contribution is 7.19. The molecule has 3 aromatic rings.